The number of fused-ring (bicyclic) bond motifs is 10. The number of anilines is 2. The highest BCUT2D eigenvalue weighted by atomic mass is 16.3. The first-order chi connectivity index (χ1) is 23.3. The van der Waals surface area contributed by atoms with Crippen molar-refractivity contribution in [2.45, 2.75) is 19.3 Å². The van der Waals surface area contributed by atoms with Crippen molar-refractivity contribution in [1.82, 2.24) is 4.57 Å². The molecule has 4 heterocycles. The molecule has 47 heavy (non-hydrogen) atoms. The number of allylic oxidation sites excluding steroid dienone is 1. The molecule has 3 aliphatic rings. The molecule has 224 valence electrons. The Kier molecular flexibility index (Phi) is 5.75. The molecule has 2 aliphatic carbocycles. The van der Waals surface area contributed by atoms with E-state index < -0.39 is 0 Å². The predicted octanol–water partition coefficient (Wildman–Crippen LogP) is 7.12. The van der Waals surface area contributed by atoms with E-state index in [1.807, 2.05) is 12.1 Å². The number of rotatable bonds is 2. The van der Waals surface area contributed by atoms with Crippen molar-refractivity contribution < 1.29 is 8.83 Å². The minimum atomic E-state index is 0.689. The average Bonchev–Trinajstić information content (AvgIpc) is 3.72. The fourth-order valence-electron chi connectivity index (χ4n) is 7.62. The van der Waals surface area contributed by atoms with Gasteiger partial charge in [-0.25, -0.2) is 0 Å². The van der Waals surface area contributed by atoms with Gasteiger partial charge in [-0.2, -0.15) is 0 Å². The van der Waals surface area contributed by atoms with Crippen LogP contribution in [0.25, 0.3) is 63.7 Å². The van der Waals surface area contributed by atoms with Gasteiger partial charge in [0.05, 0.1) is 16.4 Å². The summed E-state index contributed by atoms with van der Waals surface area (Å²) >= 11 is 0. The van der Waals surface area contributed by atoms with Crippen LogP contribution in [0, 0.1) is 0 Å². The van der Waals surface area contributed by atoms with Crippen LogP contribution in [0.15, 0.2) is 112 Å². The van der Waals surface area contributed by atoms with E-state index in [9.17, 15) is 0 Å². The Balaban J connectivity index is 1.17. The van der Waals surface area contributed by atoms with Crippen molar-refractivity contribution in [2.24, 2.45) is 0 Å². The quantitative estimate of drug-likeness (QED) is 0.210. The van der Waals surface area contributed by atoms with Crippen LogP contribution in [0.1, 0.15) is 34.6 Å². The first-order valence-corrected chi connectivity index (χ1v) is 16.3. The minimum absolute atomic E-state index is 0.689. The molecule has 0 saturated heterocycles. The third-order valence-electron chi connectivity index (χ3n) is 9.81. The first-order valence-electron chi connectivity index (χ1n) is 16.3. The van der Waals surface area contributed by atoms with Gasteiger partial charge in [0.1, 0.15) is 22.2 Å². The lowest BCUT2D eigenvalue weighted by atomic mass is 10.0. The molecule has 0 saturated carbocycles. The van der Waals surface area contributed by atoms with Crippen LogP contribution in [-0.2, 0) is 12.8 Å². The second kappa shape index (κ2) is 10.3. The predicted molar refractivity (Wildman–Crippen MR) is 192 cm³/mol. The number of para-hydroxylation sites is 3. The maximum Gasteiger partial charge on any atom is 0.145 e. The van der Waals surface area contributed by atoms with Gasteiger partial charge < -0.3 is 18.3 Å². The number of nitrogens with zero attached hydrogens (tertiary/aromatic N) is 2. The molecule has 4 heteroatoms. The van der Waals surface area contributed by atoms with Crippen LogP contribution < -0.4 is 26.2 Å². The number of hydrogen-bond donors (Lipinski definition) is 0. The van der Waals surface area contributed by atoms with E-state index in [-0.39, 0.29) is 0 Å². The highest BCUT2D eigenvalue weighted by Gasteiger charge is 2.20. The minimum Gasteiger partial charge on any atom is -0.457 e. The molecule has 0 fully saturated rings. The van der Waals surface area contributed by atoms with E-state index in [1.165, 1.54) is 27.4 Å². The Labute approximate surface area is 271 Å². The smallest absolute Gasteiger partial charge is 0.145 e. The number of hydrogen-bond acceptors (Lipinski definition) is 3. The average molecular weight is 607 g/mol. The van der Waals surface area contributed by atoms with Gasteiger partial charge in [0.15, 0.2) is 0 Å². The highest BCUT2D eigenvalue weighted by molar-refractivity contribution is 5.97. The zero-order chi connectivity index (χ0) is 30.9. The van der Waals surface area contributed by atoms with Gasteiger partial charge in [0.25, 0.3) is 0 Å². The van der Waals surface area contributed by atoms with Gasteiger partial charge in [-0.3, -0.25) is 0 Å². The SMILES string of the molecule is C1=Cc2c(n(-c3cccc(N4C/C=c5/oc6c(/c5=C/Cc5ccccc54)CCC=C6)c3)c3ccccc23)C=c2oc3ccccc3c2=1. The molecule has 0 spiro atoms. The standard InChI is InChI=1S/C43H30N2O2/c1-5-16-37-28(10-1)20-21-35-33-14-3-7-18-40(33)46-42(35)24-25-44(37)29-11-9-12-30(26-29)45-38-17-6-2-13-31(38)32-22-23-36-34-15-4-8-19-41(34)47-43(36)27-39(32)45/h1-2,4-13,15-19,21-22,24,26-27H,3,14,20,25H2/b35-21-,42-24+. The second-order valence-electron chi connectivity index (χ2n) is 12.5. The van der Waals surface area contributed by atoms with Gasteiger partial charge >= 0.3 is 0 Å². The summed E-state index contributed by atoms with van der Waals surface area (Å²) in [7, 11) is 0. The van der Waals surface area contributed by atoms with Gasteiger partial charge in [0.2, 0.25) is 0 Å². The molecule has 3 aromatic heterocycles. The summed E-state index contributed by atoms with van der Waals surface area (Å²) in [6, 6.07) is 34.5. The Bertz CT molecular complexity index is 2740. The molecular formula is C43H30N2O2. The zero-order valence-electron chi connectivity index (χ0n) is 25.7. The van der Waals surface area contributed by atoms with Crippen molar-refractivity contribution in [3.63, 3.8) is 0 Å². The molecule has 4 nitrogen and oxygen atoms in total. The lowest BCUT2D eigenvalue weighted by Gasteiger charge is -2.26. The Morgan fingerprint density at radius 2 is 1.60 bits per heavy atom. The topological polar surface area (TPSA) is 34.5 Å². The summed E-state index contributed by atoms with van der Waals surface area (Å²) in [6.45, 7) is 0.689. The summed E-state index contributed by atoms with van der Waals surface area (Å²) < 4.78 is 15.2. The zero-order valence-corrected chi connectivity index (χ0v) is 25.7. The van der Waals surface area contributed by atoms with E-state index in [0.29, 0.717) is 6.54 Å². The number of furan rings is 2. The van der Waals surface area contributed by atoms with E-state index in [2.05, 4.69) is 137 Å². The molecule has 0 radical (unpaired) electrons. The van der Waals surface area contributed by atoms with Crippen LogP contribution >= 0.6 is 0 Å². The molecule has 0 amide bonds. The second-order valence-corrected chi connectivity index (χ2v) is 12.5. The summed E-state index contributed by atoms with van der Waals surface area (Å²) in [5.74, 6) is 1.01. The molecule has 0 N–H and O–H groups in total. The van der Waals surface area contributed by atoms with Crippen LogP contribution in [-0.4, -0.2) is 11.1 Å². The van der Waals surface area contributed by atoms with Gasteiger partial charge in [0, 0.05) is 56.8 Å². The molecule has 0 bridgehead atoms. The Hall–Kier alpha value is -5.96. The van der Waals surface area contributed by atoms with E-state index in [0.717, 1.165) is 80.2 Å². The molecule has 1 aliphatic heterocycles. The van der Waals surface area contributed by atoms with E-state index in [1.54, 1.807) is 0 Å². The van der Waals surface area contributed by atoms with Crippen molar-refractivity contribution in [3.8, 4) is 5.69 Å². The highest BCUT2D eigenvalue weighted by Crippen LogP contribution is 2.35. The van der Waals surface area contributed by atoms with Crippen molar-refractivity contribution in [3.05, 3.63) is 153 Å². The van der Waals surface area contributed by atoms with Crippen molar-refractivity contribution in [2.75, 3.05) is 11.4 Å². The number of benzene rings is 4. The van der Waals surface area contributed by atoms with Gasteiger partial charge in [-0.1, -0.05) is 66.7 Å². The lowest BCUT2D eigenvalue weighted by molar-refractivity contribution is 0.517. The van der Waals surface area contributed by atoms with Crippen LogP contribution in [0.2, 0.25) is 0 Å². The summed E-state index contributed by atoms with van der Waals surface area (Å²) in [5, 5.41) is 4.51. The van der Waals surface area contributed by atoms with Crippen molar-refractivity contribution in [1.29, 1.82) is 0 Å². The maximum absolute atomic E-state index is 6.43. The molecular weight excluding hydrogens is 576 g/mol. The molecule has 0 atom stereocenters. The molecule has 0 unspecified atom stereocenters. The van der Waals surface area contributed by atoms with Crippen LogP contribution in [0.4, 0.5) is 11.4 Å². The van der Waals surface area contributed by atoms with Crippen LogP contribution in [0.3, 0.4) is 0 Å². The van der Waals surface area contributed by atoms with Gasteiger partial charge in [-0.05, 0) is 85.5 Å². The largest absolute Gasteiger partial charge is 0.457 e. The molecule has 7 aromatic rings. The van der Waals surface area contributed by atoms with E-state index in [4.69, 9.17) is 8.83 Å². The molecule has 4 aromatic carbocycles. The Morgan fingerprint density at radius 1 is 0.745 bits per heavy atom. The monoisotopic (exact) mass is 606 g/mol. The lowest BCUT2D eigenvalue weighted by Crippen LogP contribution is -2.26. The molecule has 10 rings (SSSR count). The normalized spacial score (nSPS) is 16.0. The third kappa shape index (κ3) is 4.09. The van der Waals surface area contributed by atoms with Crippen LogP contribution in [0.5, 0.6) is 0 Å². The summed E-state index contributed by atoms with van der Waals surface area (Å²) in [6.07, 6.45) is 16.2. The maximum atomic E-state index is 6.43. The van der Waals surface area contributed by atoms with Crippen molar-refractivity contribution >= 4 is 69.4 Å². The summed E-state index contributed by atoms with van der Waals surface area (Å²) in [5.41, 5.74) is 15.7. The first kappa shape index (κ1) is 26.3. The fourth-order valence-corrected chi connectivity index (χ4v) is 7.62. The summed E-state index contributed by atoms with van der Waals surface area (Å²) in [4.78, 5) is 2.41. The van der Waals surface area contributed by atoms with Gasteiger partial charge in [-0.15, -0.1) is 5.73 Å². The fraction of sp³-hybridized carbons (Fsp3) is 0.0930. The third-order valence-corrected chi connectivity index (χ3v) is 9.81. The number of aromatic nitrogens is 1. The Morgan fingerprint density at radius 3 is 2.57 bits per heavy atom. The van der Waals surface area contributed by atoms with E-state index >= 15 is 0 Å².